The number of carbonyl (C=O) groups is 1. The van der Waals surface area contributed by atoms with Gasteiger partial charge in [0.2, 0.25) is 0 Å². The molecule has 2 atom stereocenters. The highest BCUT2D eigenvalue weighted by Gasteiger charge is 2.31. The van der Waals surface area contributed by atoms with Crippen molar-refractivity contribution >= 4 is 6.03 Å². The van der Waals surface area contributed by atoms with Gasteiger partial charge in [-0.1, -0.05) is 12.1 Å². The number of aliphatic hydroxyl groups excluding tert-OH is 1. The van der Waals surface area contributed by atoms with Crippen LogP contribution in [-0.4, -0.2) is 29.8 Å². The number of benzene rings is 1. The van der Waals surface area contributed by atoms with Crippen molar-refractivity contribution in [2.75, 3.05) is 6.54 Å². The van der Waals surface area contributed by atoms with Gasteiger partial charge in [-0.3, -0.25) is 0 Å². The minimum absolute atomic E-state index is 0.135. The van der Waals surface area contributed by atoms with E-state index in [1.807, 2.05) is 6.07 Å². The smallest absolute Gasteiger partial charge is 0.315 e. The number of urea groups is 1. The molecule has 1 aromatic rings. The molecule has 2 unspecified atom stereocenters. The number of rotatable bonds is 4. The van der Waals surface area contributed by atoms with E-state index in [0.717, 1.165) is 37.7 Å². The minimum atomic E-state index is -0.203. The van der Waals surface area contributed by atoms with Gasteiger partial charge in [0.25, 0.3) is 0 Å². The Hall–Kier alpha value is -1.62. The van der Waals surface area contributed by atoms with Crippen molar-refractivity contribution in [3.05, 3.63) is 35.6 Å². The van der Waals surface area contributed by atoms with Crippen LogP contribution in [0.25, 0.3) is 0 Å². The topological polar surface area (TPSA) is 61.4 Å². The molecule has 2 amide bonds. The largest absolute Gasteiger partial charge is 0.393 e. The van der Waals surface area contributed by atoms with Crippen molar-refractivity contribution in [2.45, 2.75) is 50.2 Å². The van der Waals surface area contributed by atoms with Crippen molar-refractivity contribution in [2.24, 2.45) is 5.92 Å². The number of halogens is 1. The molecular formula is C17H23FN2O2. The van der Waals surface area contributed by atoms with Gasteiger partial charge in [0.15, 0.2) is 0 Å². The quantitative estimate of drug-likeness (QED) is 0.800. The summed E-state index contributed by atoms with van der Waals surface area (Å²) in [6, 6.07) is 6.73. The van der Waals surface area contributed by atoms with Gasteiger partial charge in [-0.05, 0) is 61.6 Å². The van der Waals surface area contributed by atoms with Gasteiger partial charge in [0.05, 0.1) is 6.10 Å². The second-order valence-electron chi connectivity index (χ2n) is 6.61. The maximum atomic E-state index is 13.2. The SMILES string of the molecule is O=C(NCC1CCC(O)C1)NC1CC(c2cccc(F)c2)C1. The summed E-state index contributed by atoms with van der Waals surface area (Å²) < 4.78 is 13.2. The van der Waals surface area contributed by atoms with Crippen LogP contribution in [-0.2, 0) is 0 Å². The zero-order valence-corrected chi connectivity index (χ0v) is 12.6. The van der Waals surface area contributed by atoms with Gasteiger partial charge >= 0.3 is 6.03 Å². The molecule has 4 nitrogen and oxygen atoms in total. The van der Waals surface area contributed by atoms with E-state index in [9.17, 15) is 14.3 Å². The van der Waals surface area contributed by atoms with Gasteiger partial charge in [-0.15, -0.1) is 0 Å². The number of carbonyl (C=O) groups excluding carboxylic acids is 1. The summed E-state index contributed by atoms with van der Waals surface area (Å²) in [6.45, 7) is 0.628. The van der Waals surface area contributed by atoms with E-state index in [2.05, 4.69) is 10.6 Å². The Labute approximate surface area is 130 Å². The first kappa shape index (κ1) is 15.3. The van der Waals surface area contributed by atoms with Crippen LogP contribution in [0.5, 0.6) is 0 Å². The molecule has 5 heteroatoms. The summed E-state index contributed by atoms with van der Waals surface area (Å²) >= 11 is 0. The van der Waals surface area contributed by atoms with Crippen LogP contribution < -0.4 is 10.6 Å². The van der Waals surface area contributed by atoms with Gasteiger partial charge < -0.3 is 15.7 Å². The third-order valence-electron chi connectivity index (χ3n) is 4.86. The molecule has 0 heterocycles. The zero-order chi connectivity index (χ0) is 15.5. The Kier molecular flexibility index (Phi) is 4.62. The number of nitrogens with one attached hydrogen (secondary N) is 2. The standard InChI is InChI=1S/C17H23FN2O2/c18-14-3-1-2-12(7-14)13-8-15(9-13)20-17(22)19-10-11-4-5-16(21)6-11/h1-3,7,11,13,15-16,21H,4-6,8-10H2,(H2,19,20,22). The molecule has 3 rings (SSSR count). The first-order valence-corrected chi connectivity index (χ1v) is 8.08. The molecule has 0 saturated heterocycles. The third kappa shape index (κ3) is 3.77. The van der Waals surface area contributed by atoms with Crippen LogP contribution in [0.2, 0.25) is 0 Å². The van der Waals surface area contributed by atoms with Crippen LogP contribution in [0.4, 0.5) is 9.18 Å². The Morgan fingerprint density at radius 2 is 2.09 bits per heavy atom. The molecule has 0 bridgehead atoms. The van der Waals surface area contributed by atoms with Crippen LogP contribution >= 0.6 is 0 Å². The summed E-state index contributed by atoms with van der Waals surface area (Å²) in [5.41, 5.74) is 1.01. The fourth-order valence-electron chi connectivity index (χ4n) is 3.48. The second kappa shape index (κ2) is 6.65. The van der Waals surface area contributed by atoms with Crippen molar-refractivity contribution < 1.29 is 14.3 Å². The lowest BCUT2D eigenvalue weighted by Gasteiger charge is -2.36. The lowest BCUT2D eigenvalue weighted by Crippen LogP contribution is -2.48. The van der Waals surface area contributed by atoms with Crippen molar-refractivity contribution in [3.8, 4) is 0 Å². The molecule has 120 valence electrons. The number of hydrogen-bond donors (Lipinski definition) is 3. The maximum absolute atomic E-state index is 13.2. The Bertz CT molecular complexity index is 531. The van der Waals surface area contributed by atoms with E-state index in [-0.39, 0.29) is 24.0 Å². The molecule has 0 radical (unpaired) electrons. The van der Waals surface area contributed by atoms with E-state index in [4.69, 9.17) is 0 Å². The molecule has 0 aliphatic heterocycles. The molecule has 3 N–H and O–H groups in total. The monoisotopic (exact) mass is 306 g/mol. The van der Waals surface area contributed by atoms with Crippen LogP contribution in [0, 0.1) is 11.7 Å². The summed E-state index contributed by atoms with van der Waals surface area (Å²) in [5, 5.41) is 15.3. The van der Waals surface area contributed by atoms with E-state index in [1.165, 1.54) is 6.07 Å². The highest BCUT2D eigenvalue weighted by molar-refractivity contribution is 5.74. The molecular weight excluding hydrogens is 283 g/mol. The van der Waals surface area contributed by atoms with E-state index in [0.29, 0.717) is 18.4 Å². The molecule has 22 heavy (non-hydrogen) atoms. The molecule has 2 aliphatic rings. The number of aliphatic hydroxyl groups is 1. The van der Waals surface area contributed by atoms with E-state index in [1.54, 1.807) is 12.1 Å². The van der Waals surface area contributed by atoms with Gasteiger partial charge in [0, 0.05) is 12.6 Å². The summed E-state index contributed by atoms with van der Waals surface area (Å²) in [7, 11) is 0. The average molecular weight is 306 g/mol. The average Bonchev–Trinajstić information content (AvgIpc) is 2.86. The Balaban J connectivity index is 1.36. The Morgan fingerprint density at radius 1 is 1.27 bits per heavy atom. The lowest BCUT2D eigenvalue weighted by atomic mass is 9.76. The van der Waals surface area contributed by atoms with Gasteiger partial charge in [0.1, 0.15) is 5.82 Å². The van der Waals surface area contributed by atoms with E-state index >= 15 is 0 Å². The molecule has 2 aliphatic carbocycles. The fraction of sp³-hybridized carbons (Fsp3) is 0.588. The zero-order valence-electron chi connectivity index (χ0n) is 12.6. The van der Waals surface area contributed by atoms with Crippen LogP contribution in [0.3, 0.4) is 0 Å². The second-order valence-corrected chi connectivity index (χ2v) is 6.61. The summed E-state index contributed by atoms with van der Waals surface area (Å²) in [6.07, 6.45) is 4.12. The number of amides is 2. The third-order valence-corrected chi connectivity index (χ3v) is 4.86. The van der Waals surface area contributed by atoms with Crippen molar-refractivity contribution in [1.82, 2.24) is 10.6 Å². The van der Waals surface area contributed by atoms with Crippen LogP contribution in [0.15, 0.2) is 24.3 Å². The van der Waals surface area contributed by atoms with Gasteiger partial charge in [-0.25, -0.2) is 9.18 Å². The van der Waals surface area contributed by atoms with Crippen molar-refractivity contribution in [1.29, 1.82) is 0 Å². The molecule has 0 spiro atoms. The summed E-state index contributed by atoms with van der Waals surface area (Å²) in [5.74, 6) is 0.526. The molecule has 1 aromatic carbocycles. The highest BCUT2D eigenvalue weighted by atomic mass is 19.1. The van der Waals surface area contributed by atoms with Gasteiger partial charge in [-0.2, -0.15) is 0 Å². The number of hydrogen-bond acceptors (Lipinski definition) is 2. The highest BCUT2D eigenvalue weighted by Crippen LogP contribution is 2.36. The fourth-order valence-corrected chi connectivity index (χ4v) is 3.48. The molecule has 2 fully saturated rings. The molecule has 0 aromatic heterocycles. The first-order chi connectivity index (χ1) is 10.6. The Morgan fingerprint density at radius 3 is 2.77 bits per heavy atom. The van der Waals surface area contributed by atoms with Crippen molar-refractivity contribution in [3.63, 3.8) is 0 Å². The van der Waals surface area contributed by atoms with E-state index < -0.39 is 0 Å². The first-order valence-electron chi connectivity index (χ1n) is 8.08. The van der Waals surface area contributed by atoms with Crippen LogP contribution in [0.1, 0.15) is 43.6 Å². The predicted octanol–water partition coefficient (Wildman–Crippen LogP) is 2.53. The predicted molar refractivity (Wildman–Crippen MR) is 82.0 cm³/mol. The normalized spacial score (nSPS) is 30.6. The molecule has 2 saturated carbocycles. The summed E-state index contributed by atoms with van der Waals surface area (Å²) in [4.78, 5) is 11.8. The maximum Gasteiger partial charge on any atom is 0.315 e. The lowest BCUT2D eigenvalue weighted by molar-refractivity contribution is 0.177. The minimum Gasteiger partial charge on any atom is -0.393 e.